The van der Waals surface area contributed by atoms with Crippen molar-refractivity contribution in [3.05, 3.63) is 249 Å². The molecule has 0 spiro atoms. The van der Waals surface area contributed by atoms with Gasteiger partial charge in [0.25, 0.3) is 0 Å². The quantitative estimate of drug-likeness (QED) is 0.160. The summed E-state index contributed by atoms with van der Waals surface area (Å²) >= 11 is 1.85. The minimum absolute atomic E-state index is 0.564. The summed E-state index contributed by atoms with van der Waals surface area (Å²) < 4.78 is 14.7. The molecule has 0 unspecified atom stereocenters. The third kappa shape index (κ3) is 6.49. The molecule has 0 saturated heterocycles. The molecule has 5 heterocycles. The molecule has 76 heavy (non-hydrogen) atoms. The van der Waals surface area contributed by atoms with Crippen LogP contribution in [0.5, 0.6) is 0 Å². The van der Waals surface area contributed by atoms with Crippen molar-refractivity contribution in [2.75, 3.05) is 0 Å². The van der Waals surface area contributed by atoms with E-state index in [1.165, 1.54) is 42.1 Å². The van der Waals surface area contributed by atoms with Gasteiger partial charge in [0.1, 0.15) is 5.58 Å². The van der Waals surface area contributed by atoms with E-state index in [1.807, 2.05) is 41.7 Å². The maximum absolute atomic E-state index is 7.19. The highest BCUT2D eigenvalue weighted by Crippen LogP contribution is 2.49. The van der Waals surface area contributed by atoms with Crippen LogP contribution in [0.25, 0.3) is 154 Å². The first-order chi connectivity index (χ1) is 37.7. The SMILES string of the molecule is c1ccc(-c2ccc(-c3nc(-c4ccccc4)nc(-c4ccc(-n5c6ccccc6c6cc(-c7ccc8sc9ccccc9c8c7)c7c(c8ccccc8n7-c7ccccc7)c65)c5oc6ccccc6c45)n3)cc2)cc1. The highest BCUT2D eigenvalue weighted by atomic mass is 32.1. The van der Waals surface area contributed by atoms with Crippen molar-refractivity contribution < 1.29 is 4.42 Å². The predicted octanol–water partition coefficient (Wildman–Crippen LogP) is 18.7. The number of hydrogen-bond acceptors (Lipinski definition) is 5. The van der Waals surface area contributed by atoms with Gasteiger partial charge < -0.3 is 13.6 Å². The van der Waals surface area contributed by atoms with E-state index < -0.39 is 0 Å². The third-order valence-corrected chi connectivity index (χ3v) is 16.3. The number of furan rings is 1. The van der Waals surface area contributed by atoms with Gasteiger partial charge in [-0.3, -0.25) is 0 Å². The van der Waals surface area contributed by atoms with Crippen LogP contribution >= 0.6 is 11.3 Å². The van der Waals surface area contributed by atoms with Crippen LogP contribution in [-0.4, -0.2) is 24.1 Å². The number of para-hydroxylation sites is 4. The van der Waals surface area contributed by atoms with Gasteiger partial charge in [-0.25, -0.2) is 15.0 Å². The first kappa shape index (κ1) is 42.5. The summed E-state index contributed by atoms with van der Waals surface area (Å²) in [6, 6.07) is 88.5. The van der Waals surface area contributed by atoms with Gasteiger partial charge in [0.2, 0.25) is 0 Å². The predicted molar refractivity (Wildman–Crippen MR) is 316 cm³/mol. The molecular weight excluding hydrogens is 947 g/mol. The monoisotopic (exact) mass is 987 g/mol. The molecule has 7 heteroatoms. The molecule has 6 nitrogen and oxygen atoms in total. The average molecular weight is 988 g/mol. The molecule has 0 bridgehead atoms. The van der Waals surface area contributed by atoms with Crippen molar-refractivity contribution in [3.8, 4) is 67.8 Å². The van der Waals surface area contributed by atoms with E-state index in [4.69, 9.17) is 19.4 Å². The van der Waals surface area contributed by atoms with Gasteiger partial charge in [-0.2, -0.15) is 0 Å². The number of hydrogen-bond donors (Lipinski definition) is 0. The Bertz CT molecular complexity index is 4980. The van der Waals surface area contributed by atoms with Gasteiger partial charge in [-0.15, -0.1) is 11.3 Å². The maximum Gasteiger partial charge on any atom is 0.164 e. The van der Waals surface area contributed by atoms with E-state index in [0.29, 0.717) is 17.5 Å². The highest BCUT2D eigenvalue weighted by Gasteiger charge is 2.28. The molecular formula is C69H41N5OS. The third-order valence-electron chi connectivity index (χ3n) is 15.2. The average Bonchev–Trinajstić information content (AvgIpc) is 4.42. The Kier molecular flexibility index (Phi) is 9.40. The number of rotatable bonds is 7. The fraction of sp³-hybridized carbons (Fsp3) is 0. The molecule has 16 rings (SSSR count). The van der Waals surface area contributed by atoms with Gasteiger partial charge in [-0.05, 0) is 83.4 Å². The Morgan fingerprint density at radius 3 is 1.64 bits per heavy atom. The Balaban J connectivity index is 0.993. The van der Waals surface area contributed by atoms with E-state index >= 15 is 0 Å². The van der Waals surface area contributed by atoms with Crippen LogP contribution in [0.2, 0.25) is 0 Å². The summed E-state index contributed by atoms with van der Waals surface area (Å²) in [4.78, 5) is 15.8. The summed E-state index contributed by atoms with van der Waals surface area (Å²) in [5.74, 6) is 1.75. The van der Waals surface area contributed by atoms with Crippen LogP contribution < -0.4 is 0 Å². The topological polar surface area (TPSA) is 61.7 Å². The van der Waals surface area contributed by atoms with E-state index in [-0.39, 0.29) is 0 Å². The lowest BCUT2D eigenvalue weighted by atomic mass is 9.97. The normalized spacial score (nSPS) is 11.9. The van der Waals surface area contributed by atoms with Crippen molar-refractivity contribution in [2.45, 2.75) is 0 Å². The Morgan fingerprint density at radius 1 is 0.329 bits per heavy atom. The summed E-state index contributed by atoms with van der Waals surface area (Å²) in [6.45, 7) is 0. The van der Waals surface area contributed by atoms with Crippen molar-refractivity contribution >= 4 is 97.1 Å². The zero-order chi connectivity index (χ0) is 49.8. The van der Waals surface area contributed by atoms with Gasteiger partial charge in [-0.1, -0.05) is 182 Å². The Morgan fingerprint density at radius 2 is 0.882 bits per heavy atom. The Labute approximate surface area is 439 Å². The number of fused-ring (bicyclic) bond motifs is 13. The second-order valence-corrected chi connectivity index (χ2v) is 20.5. The molecule has 0 aliphatic heterocycles. The molecule has 354 valence electrons. The van der Waals surface area contributed by atoms with E-state index in [1.54, 1.807) is 0 Å². The van der Waals surface area contributed by atoms with E-state index in [9.17, 15) is 0 Å². The second-order valence-electron chi connectivity index (χ2n) is 19.4. The molecule has 0 aliphatic rings. The minimum Gasteiger partial charge on any atom is -0.454 e. The number of thiophene rings is 1. The smallest absolute Gasteiger partial charge is 0.164 e. The largest absolute Gasteiger partial charge is 0.454 e. The van der Waals surface area contributed by atoms with Crippen LogP contribution in [-0.2, 0) is 0 Å². The second kappa shape index (κ2) is 16.8. The molecule has 0 N–H and O–H groups in total. The van der Waals surface area contributed by atoms with Crippen molar-refractivity contribution in [3.63, 3.8) is 0 Å². The van der Waals surface area contributed by atoms with Gasteiger partial charge in [0, 0.05) is 80.4 Å². The van der Waals surface area contributed by atoms with Gasteiger partial charge >= 0.3 is 0 Å². The molecule has 16 aromatic rings. The van der Waals surface area contributed by atoms with Gasteiger partial charge in [0.15, 0.2) is 23.1 Å². The number of benzene rings is 11. The molecule has 0 saturated carbocycles. The summed E-state index contributed by atoms with van der Waals surface area (Å²) in [7, 11) is 0. The summed E-state index contributed by atoms with van der Waals surface area (Å²) in [6.07, 6.45) is 0. The van der Waals surface area contributed by atoms with Crippen LogP contribution in [0.1, 0.15) is 0 Å². The van der Waals surface area contributed by atoms with Crippen LogP contribution in [0.4, 0.5) is 0 Å². The minimum atomic E-state index is 0.564. The van der Waals surface area contributed by atoms with Gasteiger partial charge in [0.05, 0.1) is 27.8 Å². The Hall–Kier alpha value is -9.95. The zero-order valence-electron chi connectivity index (χ0n) is 40.7. The fourth-order valence-electron chi connectivity index (χ4n) is 11.8. The highest BCUT2D eigenvalue weighted by molar-refractivity contribution is 7.25. The lowest BCUT2D eigenvalue weighted by Gasteiger charge is -2.15. The lowest BCUT2D eigenvalue weighted by molar-refractivity contribution is 0.666. The molecule has 0 atom stereocenters. The fourth-order valence-corrected chi connectivity index (χ4v) is 12.9. The van der Waals surface area contributed by atoms with Crippen molar-refractivity contribution in [1.82, 2.24) is 24.1 Å². The van der Waals surface area contributed by atoms with Crippen LogP contribution in [0, 0.1) is 0 Å². The van der Waals surface area contributed by atoms with Crippen molar-refractivity contribution in [2.24, 2.45) is 0 Å². The number of aromatic nitrogens is 5. The van der Waals surface area contributed by atoms with Crippen LogP contribution in [0.15, 0.2) is 253 Å². The first-order valence-corrected chi connectivity index (χ1v) is 26.4. The van der Waals surface area contributed by atoms with E-state index in [2.05, 4.69) is 228 Å². The zero-order valence-corrected chi connectivity index (χ0v) is 41.5. The lowest BCUT2D eigenvalue weighted by Crippen LogP contribution is -2.01. The molecule has 5 aromatic heterocycles. The molecule has 0 amide bonds. The molecule has 0 fully saturated rings. The molecule has 0 radical (unpaired) electrons. The number of nitrogens with zero attached hydrogens (tertiary/aromatic N) is 5. The first-order valence-electron chi connectivity index (χ1n) is 25.6. The summed E-state index contributed by atoms with van der Waals surface area (Å²) in [5, 5.41) is 9.11. The van der Waals surface area contributed by atoms with Crippen molar-refractivity contribution in [1.29, 1.82) is 0 Å². The van der Waals surface area contributed by atoms with Crippen LogP contribution in [0.3, 0.4) is 0 Å². The molecule has 11 aromatic carbocycles. The molecule has 0 aliphatic carbocycles. The summed E-state index contributed by atoms with van der Waals surface area (Å²) in [5.41, 5.74) is 15.3. The maximum atomic E-state index is 7.19. The van der Waals surface area contributed by atoms with E-state index in [0.717, 1.165) is 94.0 Å². The standard InChI is InChI=1S/C69H41N5OS/c1-4-18-42(19-5-1)43-32-34-45(35-33-43)68-70-67(44-20-6-2-7-21-44)71-69(72-68)52-37-38-58(66-62(52)51-27-12-16-30-59(51)75-66)74-56-28-14-10-24-48(56)55-41-53(46-36-39-61-54(40-46)49-25-13-17-31-60(49)76-61)64-63(65(55)74)50-26-11-15-29-57(50)73(64)47-22-8-3-9-23-47/h1-41H.